The zero-order chi connectivity index (χ0) is 16.6. The van der Waals surface area contributed by atoms with Crippen LogP contribution >= 0.6 is 0 Å². The van der Waals surface area contributed by atoms with Gasteiger partial charge in [-0.3, -0.25) is 4.79 Å². The number of nitrogens with one attached hydrogen (secondary N) is 1. The third-order valence-electron chi connectivity index (χ3n) is 4.52. The molecule has 3 N–H and O–H groups in total. The van der Waals surface area contributed by atoms with Crippen molar-refractivity contribution in [1.29, 1.82) is 0 Å². The quantitative estimate of drug-likeness (QED) is 0.836. The smallest absolute Gasteiger partial charge is 0.397 e. The van der Waals surface area contributed by atoms with E-state index in [2.05, 4.69) is 5.32 Å². The Morgan fingerprint density at radius 2 is 2.04 bits per heavy atom. The van der Waals surface area contributed by atoms with Crippen molar-refractivity contribution in [3.05, 3.63) is 23.8 Å². The average molecular weight is 327 g/mol. The lowest BCUT2D eigenvalue weighted by Gasteiger charge is -2.18. The van der Waals surface area contributed by atoms with Crippen LogP contribution in [0.3, 0.4) is 0 Å². The number of benzene rings is 1. The Balaban J connectivity index is 1.58. The van der Waals surface area contributed by atoms with Crippen LogP contribution in [0.1, 0.15) is 24.8 Å². The minimum atomic E-state index is -4.46. The van der Waals surface area contributed by atoms with Crippen LogP contribution in [0, 0.1) is 11.8 Å². The summed E-state index contributed by atoms with van der Waals surface area (Å²) in [5, 5.41) is 3.01. The average Bonchev–Trinajstić information content (AvgIpc) is 3.23. The van der Waals surface area contributed by atoms with Crippen LogP contribution in [0.2, 0.25) is 0 Å². The van der Waals surface area contributed by atoms with E-state index in [9.17, 15) is 18.0 Å². The number of para-hydroxylation sites is 1. The molecule has 2 aliphatic rings. The van der Waals surface area contributed by atoms with Gasteiger partial charge in [0, 0.05) is 25.6 Å². The highest BCUT2D eigenvalue weighted by Crippen LogP contribution is 2.37. The first-order valence-corrected chi connectivity index (χ1v) is 7.84. The highest BCUT2D eigenvalue weighted by atomic mass is 19.4. The van der Waals surface area contributed by atoms with Crippen molar-refractivity contribution in [3.63, 3.8) is 0 Å². The summed E-state index contributed by atoms with van der Waals surface area (Å²) in [7, 11) is 0. The third-order valence-corrected chi connectivity index (χ3v) is 4.52. The summed E-state index contributed by atoms with van der Waals surface area (Å²) in [6.07, 6.45) is -1.62. The zero-order valence-electron chi connectivity index (χ0n) is 12.7. The molecule has 1 aliphatic carbocycles. The number of anilines is 2. The van der Waals surface area contributed by atoms with Gasteiger partial charge in [-0.1, -0.05) is 6.07 Å². The summed E-state index contributed by atoms with van der Waals surface area (Å²) < 4.78 is 38.5. The molecule has 0 unspecified atom stereocenters. The standard InChI is InChI=1S/C16H20F3N3O/c17-16(18,19)12-2-1-3-13(14(12)20)21-8-10-6-7-22(9-10)15(23)11-4-5-11/h1-3,10-11,21H,4-9,20H2/t10-/m0/s1. The van der Waals surface area contributed by atoms with E-state index < -0.39 is 11.7 Å². The largest absolute Gasteiger partial charge is 0.418 e. The summed E-state index contributed by atoms with van der Waals surface area (Å²) >= 11 is 0. The topological polar surface area (TPSA) is 58.4 Å². The molecule has 3 rings (SSSR count). The summed E-state index contributed by atoms with van der Waals surface area (Å²) in [4.78, 5) is 13.9. The molecule has 1 aliphatic heterocycles. The number of amides is 1. The van der Waals surface area contributed by atoms with E-state index in [1.807, 2.05) is 4.90 Å². The van der Waals surface area contributed by atoms with Crippen LogP contribution in [-0.2, 0) is 11.0 Å². The highest BCUT2D eigenvalue weighted by molar-refractivity contribution is 5.81. The summed E-state index contributed by atoms with van der Waals surface area (Å²) in [5.74, 6) is 0.679. The van der Waals surface area contributed by atoms with Gasteiger partial charge in [-0.15, -0.1) is 0 Å². The molecule has 1 aromatic rings. The number of carbonyl (C=O) groups is 1. The van der Waals surface area contributed by atoms with Gasteiger partial charge in [-0.2, -0.15) is 13.2 Å². The maximum absolute atomic E-state index is 12.8. The maximum atomic E-state index is 12.8. The highest BCUT2D eigenvalue weighted by Gasteiger charge is 2.37. The molecular weight excluding hydrogens is 307 g/mol. The Bertz CT molecular complexity index is 599. The Labute approximate surface area is 132 Å². The van der Waals surface area contributed by atoms with Gasteiger partial charge in [0.15, 0.2) is 0 Å². The van der Waals surface area contributed by atoms with Crippen LogP contribution in [0.25, 0.3) is 0 Å². The van der Waals surface area contributed by atoms with Gasteiger partial charge in [-0.05, 0) is 37.3 Å². The fourth-order valence-corrected chi connectivity index (χ4v) is 3.01. The van der Waals surface area contributed by atoms with Crippen molar-refractivity contribution >= 4 is 17.3 Å². The molecule has 0 radical (unpaired) electrons. The Hall–Kier alpha value is -1.92. The second-order valence-electron chi connectivity index (χ2n) is 6.36. The number of rotatable bonds is 4. The molecule has 2 fully saturated rings. The molecular formula is C16H20F3N3O. The number of carbonyl (C=O) groups excluding carboxylic acids is 1. The summed E-state index contributed by atoms with van der Waals surface area (Å²) in [6, 6.07) is 3.87. The van der Waals surface area contributed by atoms with Crippen LogP contribution in [-0.4, -0.2) is 30.4 Å². The van der Waals surface area contributed by atoms with E-state index in [4.69, 9.17) is 5.73 Å². The number of likely N-dealkylation sites (tertiary alicyclic amines) is 1. The van der Waals surface area contributed by atoms with Gasteiger partial charge >= 0.3 is 6.18 Å². The molecule has 1 atom stereocenters. The SMILES string of the molecule is Nc1c(NC[C@@H]2CCN(C(=O)C3CC3)C2)cccc1C(F)(F)F. The molecule has 1 saturated carbocycles. The van der Waals surface area contributed by atoms with Crippen LogP contribution < -0.4 is 11.1 Å². The second kappa shape index (κ2) is 5.94. The van der Waals surface area contributed by atoms with Crippen LogP contribution in [0.15, 0.2) is 18.2 Å². The first kappa shape index (κ1) is 16.0. The lowest BCUT2D eigenvalue weighted by Crippen LogP contribution is -2.30. The molecule has 126 valence electrons. The normalized spacial score (nSPS) is 21.5. The Morgan fingerprint density at radius 1 is 1.30 bits per heavy atom. The fraction of sp³-hybridized carbons (Fsp3) is 0.562. The molecule has 1 aromatic carbocycles. The molecule has 0 spiro atoms. The lowest BCUT2D eigenvalue weighted by atomic mass is 10.1. The first-order chi connectivity index (χ1) is 10.9. The second-order valence-corrected chi connectivity index (χ2v) is 6.36. The molecule has 7 heteroatoms. The number of halogens is 3. The number of hydrogen-bond donors (Lipinski definition) is 2. The first-order valence-electron chi connectivity index (χ1n) is 7.84. The molecule has 4 nitrogen and oxygen atoms in total. The van der Waals surface area contributed by atoms with Gasteiger partial charge in [0.2, 0.25) is 5.91 Å². The van der Waals surface area contributed by atoms with Crippen molar-refractivity contribution < 1.29 is 18.0 Å². The number of hydrogen-bond acceptors (Lipinski definition) is 3. The predicted octanol–water partition coefficient (Wildman–Crippen LogP) is 2.96. The summed E-state index contributed by atoms with van der Waals surface area (Å²) in [5.41, 5.74) is 4.83. The summed E-state index contributed by atoms with van der Waals surface area (Å²) in [6.45, 7) is 1.92. The minimum absolute atomic E-state index is 0.209. The van der Waals surface area contributed by atoms with Gasteiger partial charge in [0.1, 0.15) is 0 Å². The van der Waals surface area contributed by atoms with Crippen LogP contribution in [0.5, 0.6) is 0 Å². The van der Waals surface area contributed by atoms with Gasteiger partial charge in [0.05, 0.1) is 16.9 Å². The maximum Gasteiger partial charge on any atom is 0.418 e. The predicted molar refractivity (Wildman–Crippen MR) is 81.8 cm³/mol. The Morgan fingerprint density at radius 3 is 2.70 bits per heavy atom. The van der Waals surface area contributed by atoms with E-state index in [1.54, 1.807) is 6.07 Å². The molecule has 0 bridgehead atoms. The number of nitrogens with two attached hydrogens (primary N) is 1. The van der Waals surface area contributed by atoms with Gasteiger partial charge < -0.3 is 16.0 Å². The lowest BCUT2D eigenvalue weighted by molar-refractivity contribution is -0.137. The van der Waals surface area contributed by atoms with E-state index in [0.29, 0.717) is 18.8 Å². The van der Waals surface area contributed by atoms with Gasteiger partial charge in [-0.25, -0.2) is 0 Å². The number of nitrogens with zero attached hydrogens (tertiary/aromatic N) is 1. The molecule has 0 aromatic heterocycles. The number of alkyl halides is 3. The van der Waals surface area contributed by atoms with E-state index >= 15 is 0 Å². The minimum Gasteiger partial charge on any atom is -0.397 e. The third kappa shape index (κ3) is 3.54. The zero-order valence-corrected chi connectivity index (χ0v) is 12.7. The van der Waals surface area contributed by atoms with Crippen molar-refractivity contribution in [3.8, 4) is 0 Å². The molecule has 23 heavy (non-hydrogen) atoms. The fourth-order valence-electron chi connectivity index (χ4n) is 3.01. The molecule has 1 heterocycles. The van der Waals surface area contributed by atoms with Crippen molar-refractivity contribution in [2.45, 2.75) is 25.4 Å². The van der Waals surface area contributed by atoms with E-state index in [0.717, 1.165) is 31.9 Å². The Kier molecular flexibility index (Phi) is 4.12. The molecule has 1 saturated heterocycles. The number of nitrogen functional groups attached to an aromatic ring is 1. The molecule has 1 amide bonds. The van der Waals surface area contributed by atoms with E-state index in [-0.39, 0.29) is 23.4 Å². The monoisotopic (exact) mass is 327 g/mol. The van der Waals surface area contributed by atoms with Gasteiger partial charge in [0.25, 0.3) is 0 Å². The van der Waals surface area contributed by atoms with Crippen molar-refractivity contribution in [2.24, 2.45) is 11.8 Å². The van der Waals surface area contributed by atoms with Crippen molar-refractivity contribution in [1.82, 2.24) is 4.90 Å². The van der Waals surface area contributed by atoms with Crippen LogP contribution in [0.4, 0.5) is 24.5 Å². The van der Waals surface area contributed by atoms with E-state index in [1.165, 1.54) is 6.07 Å². The van der Waals surface area contributed by atoms with Crippen molar-refractivity contribution in [2.75, 3.05) is 30.7 Å².